The number of hydrogen-bond donors (Lipinski definition) is 0. The van der Waals surface area contributed by atoms with Gasteiger partial charge in [0.2, 0.25) is 11.4 Å². The summed E-state index contributed by atoms with van der Waals surface area (Å²) in [4.78, 5) is 0. The quantitative estimate of drug-likeness (QED) is 0.545. The van der Waals surface area contributed by atoms with Gasteiger partial charge in [-0.1, -0.05) is 0 Å². The van der Waals surface area contributed by atoms with Crippen molar-refractivity contribution in [2.24, 2.45) is 0 Å². The van der Waals surface area contributed by atoms with E-state index in [1.807, 2.05) is 0 Å². The van der Waals surface area contributed by atoms with Crippen molar-refractivity contribution < 1.29 is 9.47 Å². The van der Waals surface area contributed by atoms with E-state index in [0.29, 0.717) is 17.1 Å². The van der Waals surface area contributed by atoms with Crippen molar-refractivity contribution in [1.82, 2.24) is 0 Å². The highest BCUT2D eigenvalue weighted by Crippen LogP contribution is 2.21. The first-order valence-electron chi connectivity index (χ1n) is 3.51. The van der Waals surface area contributed by atoms with Crippen molar-refractivity contribution in [2.75, 3.05) is 7.11 Å². The Kier molecular flexibility index (Phi) is 2.57. The maximum absolute atomic E-state index is 11.4. The first-order chi connectivity index (χ1) is 5.57. The van der Waals surface area contributed by atoms with Crippen molar-refractivity contribution in [1.29, 1.82) is 0 Å². The normalized spacial score (nSPS) is 10.0. The topological polar surface area (TPSA) is 36.2 Å². The van der Waals surface area contributed by atoms with Crippen LogP contribution >= 0.6 is 15.9 Å². The fraction of sp³-hybridized carbons (Fsp3) is 0.375. The number of ether oxygens (including phenoxy) is 1. The number of methoxy groups -OCH3 is 1. The standard InChI is InChI=1S/C8H10BrNO2/c1-5-7(9)4-8(12-3)6(2)10(5)11/h4H,1-3H3. The molecule has 0 fully saturated rings. The van der Waals surface area contributed by atoms with Crippen molar-refractivity contribution in [3.05, 3.63) is 27.1 Å². The van der Waals surface area contributed by atoms with Crippen LogP contribution in [0.4, 0.5) is 0 Å². The summed E-state index contributed by atoms with van der Waals surface area (Å²) in [6.45, 7) is 3.48. The first-order valence-corrected chi connectivity index (χ1v) is 4.30. The molecule has 1 rings (SSSR count). The Balaban J connectivity index is 3.39. The lowest BCUT2D eigenvalue weighted by atomic mass is 10.3. The van der Waals surface area contributed by atoms with Crippen LogP contribution in [0.1, 0.15) is 11.4 Å². The van der Waals surface area contributed by atoms with E-state index in [-0.39, 0.29) is 0 Å². The molecule has 0 atom stereocenters. The molecule has 1 aromatic heterocycles. The predicted octanol–water partition coefficient (Wildman–Crippen LogP) is 1.71. The second kappa shape index (κ2) is 3.31. The molecule has 0 aromatic carbocycles. The van der Waals surface area contributed by atoms with Crippen LogP contribution in [-0.2, 0) is 0 Å². The number of nitrogens with zero attached hydrogens (tertiary/aromatic N) is 1. The molecule has 4 heteroatoms. The zero-order valence-corrected chi connectivity index (χ0v) is 8.81. The third kappa shape index (κ3) is 1.39. The second-order valence-corrected chi connectivity index (χ2v) is 3.38. The summed E-state index contributed by atoms with van der Waals surface area (Å²) in [5, 5.41) is 11.4. The van der Waals surface area contributed by atoms with Crippen LogP contribution in [0.3, 0.4) is 0 Å². The number of pyridine rings is 1. The molecule has 0 aliphatic heterocycles. The molecule has 66 valence electrons. The van der Waals surface area contributed by atoms with Crippen molar-refractivity contribution in [3.8, 4) is 5.75 Å². The Bertz CT molecular complexity index is 312. The molecule has 0 amide bonds. The molecule has 0 saturated carbocycles. The smallest absolute Gasteiger partial charge is 0.231 e. The molecule has 0 saturated heterocycles. The molecule has 0 unspecified atom stereocenters. The SMILES string of the molecule is COc1cc(Br)c(C)[n+]([O-])c1C. The lowest BCUT2D eigenvalue weighted by Gasteiger charge is -2.09. The van der Waals surface area contributed by atoms with Crippen LogP contribution < -0.4 is 9.47 Å². The van der Waals surface area contributed by atoms with Gasteiger partial charge in [0.05, 0.1) is 11.6 Å². The van der Waals surface area contributed by atoms with Crippen molar-refractivity contribution in [2.45, 2.75) is 13.8 Å². The average Bonchev–Trinajstić information content (AvgIpc) is 2.08. The second-order valence-electron chi connectivity index (χ2n) is 2.53. The van der Waals surface area contributed by atoms with Gasteiger partial charge in [-0.15, -0.1) is 0 Å². The lowest BCUT2D eigenvalue weighted by Crippen LogP contribution is -2.34. The maximum atomic E-state index is 11.4. The van der Waals surface area contributed by atoms with Crippen LogP contribution in [0.2, 0.25) is 0 Å². The van der Waals surface area contributed by atoms with Gasteiger partial charge in [0.1, 0.15) is 0 Å². The van der Waals surface area contributed by atoms with Crippen LogP contribution in [0, 0.1) is 19.1 Å². The first kappa shape index (κ1) is 9.32. The van der Waals surface area contributed by atoms with E-state index in [1.54, 1.807) is 27.0 Å². The average molecular weight is 232 g/mol. The summed E-state index contributed by atoms with van der Waals surface area (Å²) in [5.74, 6) is 0.600. The van der Waals surface area contributed by atoms with Crippen LogP contribution in [0.5, 0.6) is 5.75 Å². The maximum Gasteiger partial charge on any atom is 0.231 e. The Labute approximate surface area is 79.7 Å². The third-order valence-corrected chi connectivity index (χ3v) is 2.59. The van der Waals surface area contributed by atoms with Crippen LogP contribution in [0.25, 0.3) is 0 Å². The van der Waals surface area contributed by atoms with Crippen LogP contribution in [-0.4, -0.2) is 7.11 Å². The molecule has 0 aliphatic rings. The van der Waals surface area contributed by atoms with E-state index in [0.717, 1.165) is 9.20 Å². The highest BCUT2D eigenvalue weighted by molar-refractivity contribution is 9.10. The van der Waals surface area contributed by atoms with E-state index >= 15 is 0 Å². The summed E-state index contributed by atoms with van der Waals surface area (Å²) in [5.41, 5.74) is 1.23. The summed E-state index contributed by atoms with van der Waals surface area (Å²) < 4.78 is 6.62. The highest BCUT2D eigenvalue weighted by atomic mass is 79.9. The van der Waals surface area contributed by atoms with Gasteiger partial charge in [-0.3, -0.25) is 0 Å². The minimum atomic E-state index is 0.582. The van der Waals surface area contributed by atoms with Gasteiger partial charge in [-0.05, 0) is 15.9 Å². The fourth-order valence-corrected chi connectivity index (χ4v) is 1.35. The molecule has 0 N–H and O–H groups in total. The number of halogens is 1. The molecular formula is C8H10BrNO2. The van der Waals surface area contributed by atoms with Gasteiger partial charge in [-0.2, -0.15) is 4.73 Å². The molecule has 0 radical (unpaired) electrons. The zero-order chi connectivity index (χ0) is 9.30. The summed E-state index contributed by atoms with van der Waals surface area (Å²) >= 11 is 3.27. The van der Waals surface area contributed by atoms with Crippen LogP contribution in [0.15, 0.2) is 10.5 Å². The van der Waals surface area contributed by atoms with Gasteiger partial charge in [-0.25, -0.2) is 0 Å². The Hall–Kier alpha value is -0.770. The summed E-state index contributed by atoms with van der Waals surface area (Å²) in [6.07, 6.45) is 0. The van der Waals surface area contributed by atoms with Gasteiger partial charge in [0, 0.05) is 19.9 Å². The largest absolute Gasteiger partial charge is 0.618 e. The molecule has 3 nitrogen and oxygen atoms in total. The van der Waals surface area contributed by atoms with E-state index in [2.05, 4.69) is 15.9 Å². The summed E-state index contributed by atoms with van der Waals surface area (Å²) in [6, 6.07) is 1.79. The van der Waals surface area contributed by atoms with Crippen molar-refractivity contribution in [3.63, 3.8) is 0 Å². The number of rotatable bonds is 1. The Morgan fingerprint density at radius 2 is 2.00 bits per heavy atom. The molecule has 12 heavy (non-hydrogen) atoms. The highest BCUT2D eigenvalue weighted by Gasteiger charge is 2.14. The monoisotopic (exact) mass is 231 g/mol. The third-order valence-electron chi connectivity index (χ3n) is 1.79. The van der Waals surface area contributed by atoms with E-state index in [4.69, 9.17) is 4.74 Å². The molecule has 0 spiro atoms. The Morgan fingerprint density at radius 1 is 1.42 bits per heavy atom. The van der Waals surface area contributed by atoms with Crippen molar-refractivity contribution >= 4 is 15.9 Å². The Morgan fingerprint density at radius 3 is 2.50 bits per heavy atom. The molecule has 0 aliphatic carbocycles. The molecule has 1 heterocycles. The lowest BCUT2D eigenvalue weighted by molar-refractivity contribution is -0.620. The van der Waals surface area contributed by atoms with Gasteiger partial charge >= 0.3 is 0 Å². The molecule has 1 aromatic rings. The summed E-state index contributed by atoms with van der Waals surface area (Å²) in [7, 11) is 1.55. The predicted molar refractivity (Wildman–Crippen MR) is 49.1 cm³/mol. The van der Waals surface area contributed by atoms with Gasteiger partial charge < -0.3 is 9.94 Å². The van der Waals surface area contributed by atoms with E-state index in [1.165, 1.54) is 0 Å². The molecular weight excluding hydrogens is 222 g/mol. The zero-order valence-electron chi connectivity index (χ0n) is 7.22. The van der Waals surface area contributed by atoms with E-state index < -0.39 is 0 Å². The fourth-order valence-electron chi connectivity index (χ4n) is 0.979. The van der Waals surface area contributed by atoms with Gasteiger partial charge in [0.25, 0.3) is 0 Å². The van der Waals surface area contributed by atoms with Gasteiger partial charge in [0.15, 0.2) is 5.75 Å². The van der Waals surface area contributed by atoms with E-state index in [9.17, 15) is 5.21 Å². The minimum Gasteiger partial charge on any atom is -0.618 e. The molecule has 0 bridgehead atoms. The minimum absolute atomic E-state index is 0.582. The number of aromatic nitrogens is 1. The number of hydrogen-bond acceptors (Lipinski definition) is 2.